The number of pyridine rings is 1. The summed E-state index contributed by atoms with van der Waals surface area (Å²) in [6, 6.07) is 11.1. The molecule has 2 N–H and O–H groups in total. The Labute approximate surface area is 114 Å². The minimum atomic E-state index is 0.0660. The van der Waals surface area contributed by atoms with E-state index in [1.807, 2.05) is 30.3 Å². The Hall–Kier alpha value is -2.40. The maximum Gasteiger partial charge on any atom is 0.225 e. The van der Waals surface area contributed by atoms with E-state index in [9.17, 15) is 0 Å². The lowest BCUT2D eigenvalue weighted by molar-refractivity contribution is 0.461. The van der Waals surface area contributed by atoms with Crippen molar-refractivity contribution < 1.29 is 4.74 Å². The number of fused-ring (bicyclic) bond motifs is 1. The summed E-state index contributed by atoms with van der Waals surface area (Å²) >= 11 is 5.78. The van der Waals surface area contributed by atoms with Crippen LogP contribution < -0.4 is 10.5 Å². The van der Waals surface area contributed by atoms with Crippen molar-refractivity contribution in [1.82, 2.24) is 15.0 Å². The van der Waals surface area contributed by atoms with E-state index in [-0.39, 0.29) is 17.0 Å². The Kier molecular flexibility index (Phi) is 2.89. The largest absolute Gasteiger partial charge is 0.437 e. The third-order valence-electron chi connectivity index (χ3n) is 2.48. The fourth-order valence-electron chi connectivity index (χ4n) is 1.69. The number of halogens is 1. The topological polar surface area (TPSA) is 73.9 Å². The molecule has 0 saturated carbocycles. The van der Waals surface area contributed by atoms with Crippen molar-refractivity contribution in [2.24, 2.45) is 0 Å². The van der Waals surface area contributed by atoms with Crippen LogP contribution in [0.1, 0.15) is 0 Å². The first kappa shape index (κ1) is 11.7. The Bertz CT molecular complexity index is 727. The molecule has 0 bridgehead atoms. The van der Waals surface area contributed by atoms with Crippen LogP contribution in [0.3, 0.4) is 0 Å². The molecule has 0 saturated heterocycles. The van der Waals surface area contributed by atoms with Crippen LogP contribution in [0.2, 0.25) is 5.15 Å². The lowest BCUT2D eigenvalue weighted by atomic mass is 10.2. The fraction of sp³-hybridized carbons (Fsp3) is 0. The summed E-state index contributed by atoms with van der Waals surface area (Å²) in [5.74, 6) is 0.915. The Morgan fingerprint density at radius 3 is 2.79 bits per heavy atom. The molecule has 0 atom stereocenters. The highest BCUT2D eigenvalue weighted by molar-refractivity contribution is 6.29. The fourth-order valence-corrected chi connectivity index (χ4v) is 1.87. The predicted molar refractivity (Wildman–Crippen MR) is 73.3 cm³/mol. The number of anilines is 1. The predicted octanol–water partition coefficient (Wildman–Crippen LogP) is 3.05. The average molecular weight is 273 g/mol. The van der Waals surface area contributed by atoms with Crippen LogP contribution in [0.4, 0.5) is 5.95 Å². The lowest BCUT2D eigenvalue weighted by Crippen LogP contribution is -1.97. The molecule has 1 aromatic carbocycles. The maximum atomic E-state index is 5.78. The van der Waals surface area contributed by atoms with Crippen LogP contribution in [0, 0.1) is 0 Å². The van der Waals surface area contributed by atoms with E-state index in [0.29, 0.717) is 5.75 Å². The molecule has 2 aromatic heterocycles. The average Bonchev–Trinajstić information content (AvgIpc) is 2.37. The van der Waals surface area contributed by atoms with Crippen molar-refractivity contribution in [2.45, 2.75) is 0 Å². The number of rotatable bonds is 2. The van der Waals surface area contributed by atoms with Crippen molar-refractivity contribution in [1.29, 1.82) is 0 Å². The van der Waals surface area contributed by atoms with Gasteiger partial charge in [0, 0.05) is 11.5 Å². The first-order valence-corrected chi connectivity index (χ1v) is 5.91. The number of ether oxygens (including phenoxy) is 1. The van der Waals surface area contributed by atoms with E-state index in [2.05, 4.69) is 15.0 Å². The van der Waals surface area contributed by atoms with Gasteiger partial charge in [0.25, 0.3) is 0 Å². The molecule has 2 heterocycles. The number of nitrogen functional groups attached to an aromatic ring is 1. The SMILES string of the molecule is Nc1nc(Cl)cc(Oc2cnc3ccccc3c2)n1. The molecule has 94 valence electrons. The first-order valence-electron chi connectivity index (χ1n) is 5.53. The number of hydrogen-bond donors (Lipinski definition) is 1. The van der Waals surface area contributed by atoms with E-state index in [1.165, 1.54) is 6.07 Å². The molecule has 3 rings (SSSR count). The molecule has 0 aliphatic carbocycles. The van der Waals surface area contributed by atoms with Gasteiger partial charge in [0.05, 0.1) is 11.7 Å². The molecule has 0 aliphatic heterocycles. The minimum Gasteiger partial charge on any atom is -0.437 e. The van der Waals surface area contributed by atoms with Gasteiger partial charge >= 0.3 is 0 Å². The Balaban J connectivity index is 1.96. The van der Waals surface area contributed by atoms with Crippen molar-refractivity contribution in [3.05, 3.63) is 47.7 Å². The number of para-hydroxylation sites is 1. The van der Waals surface area contributed by atoms with Gasteiger partial charge < -0.3 is 10.5 Å². The zero-order valence-electron chi connectivity index (χ0n) is 9.75. The number of hydrogen-bond acceptors (Lipinski definition) is 5. The molecule has 0 fully saturated rings. The molecule has 5 nitrogen and oxygen atoms in total. The van der Waals surface area contributed by atoms with Crippen molar-refractivity contribution in [3.8, 4) is 11.6 Å². The molecule has 0 radical (unpaired) electrons. The highest BCUT2D eigenvalue weighted by atomic mass is 35.5. The van der Waals surface area contributed by atoms with Crippen LogP contribution >= 0.6 is 11.6 Å². The summed E-state index contributed by atoms with van der Waals surface area (Å²) in [6.45, 7) is 0. The third-order valence-corrected chi connectivity index (χ3v) is 2.67. The van der Waals surface area contributed by atoms with E-state index in [1.54, 1.807) is 6.20 Å². The number of nitrogens with two attached hydrogens (primary N) is 1. The van der Waals surface area contributed by atoms with Crippen LogP contribution in [0.5, 0.6) is 11.6 Å². The zero-order chi connectivity index (χ0) is 13.2. The minimum absolute atomic E-state index is 0.0660. The van der Waals surface area contributed by atoms with Gasteiger partial charge in [0.2, 0.25) is 11.8 Å². The zero-order valence-corrected chi connectivity index (χ0v) is 10.5. The Morgan fingerprint density at radius 1 is 1.11 bits per heavy atom. The Morgan fingerprint density at radius 2 is 1.95 bits per heavy atom. The van der Waals surface area contributed by atoms with Crippen molar-refractivity contribution >= 4 is 28.5 Å². The molecule has 0 amide bonds. The summed E-state index contributed by atoms with van der Waals surface area (Å²) < 4.78 is 5.57. The van der Waals surface area contributed by atoms with Crippen LogP contribution in [0.15, 0.2) is 42.6 Å². The summed E-state index contributed by atoms with van der Waals surface area (Å²) in [7, 11) is 0. The highest BCUT2D eigenvalue weighted by Gasteiger charge is 2.04. The van der Waals surface area contributed by atoms with E-state index < -0.39 is 0 Å². The summed E-state index contributed by atoms with van der Waals surface area (Å²) in [5, 5.41) is 1.21. The van der Waals surface area contributed by atoms with Crippen LogP contribution in [-0.2, 0) is 0 Å². The van der Waals surface area contributed by atoms with Gasteiger partial charge in [-0.25, -0.2) is 4.98 Å². The van der Waals surface area contributed by atoms with Crippen LogP contribution in [-0.4, -0.2) is 15.0 Å². The van der Waals surface area contributed by atoms with Crippen molar-refractivity contribution in [3.63, 3.8) is 0 Å². The smallest absolute Gasteiger partial charge is 0.225 e. The highest BCUT2D eigenvalue weighted by Crippen LogP contribution is 2.24. The maximum absolute atomic E-state index is 5.78. The molecular formula is C13H9ClN4O. The van der Waals surface area contributed by atoms with E-state index in [0.717, 1.165) is 10.9 Å². The second-order valence-electron chi connectivity index (χ2n) is 3.85. The van der Waals surface area contributed by atoms with Gasteiger partial charge in [-0.05, 0) is 12.1 Å². The summed E-state index contributed by atoms with van der Waals surface area (Å²) in [6.07, 6.45) is 1.62. The van der Waals surface area contributed by atoms with Gasteiger partial charge in [0.1, 0.15) is 10.9 Å². The first-order chi connectivity index (χ1) is 9.20. The third kappa shape index (κ3) is 2.56. The molecule has 3 aromatic rings. The van der Waals surface area contributed by atoms with Gasteiger partial charge in [-0.2, -0.15) is 4.98 Å². The lowest BCUT2D eigenvalue weighted by Gasteiger charge is -2.06. The van der Waals surface area contributed by atoms with Crippen LogP contribution in [0.25, 0.3) is 10.9 Å². The number of aromatic nitrogens is 3. The van der Waals surface area contributed by atoms with Gasteiger partial charge in [-0.1, -0.05) is 29.8 Å². The van der Waals surface area contributed by atoms with Crippen molar-refractivity contribution in [2.75, 3.05) is 5.73 Å². The second-order valence-corrected chi connectivity index (χ2v) is 4.24. The normalized spacial score (nSPS) is 10.6. The summed E-state index contributed by atoms with van der Waals surface area (Å²) in [5.41, 5.74) is 6.40. The van der Waals surface area contributed by atoms with E-state index >= 15 is 0 Å². The number of nitrogens with zero attached hydrogens (tertiary/aromatic N) is 3. The van der Waals surface area contributed by atoms with Gasteiger partial charge in [-0.15, -0.1) is 0 Å². The monoisotopic (exact) mass is 272 g/mol. The number of benzene rings is 1. The molecular weight excluding hydrogens is 264 g/mol. The van der Waals surface area contributed by atoms with E-state index in [4.69, 9.17) is 22.1 Å². The second kappa shape index (κ2) is 4.70. The quantitative estimate of drug-likeness (QED) is 0.726. The molecule has 0 aliphatic rings. The summed E-state index contributed by atoms with van der Waals surface area (Å²) in [4.78, 5) is 12.0. The standard InChI is InChI=1S/C13H9ClN4O/c14-11-6-12(18-13(15)17-11)19-9-5-8-3-1-2-4-10(8)16-7-9/h1-7H,(H2,15,17,18). The molecule has 0 unspecified atom stereocenters. The van der Waals surface area contributed by atoms with Gasteiger partial charge in [-0.3, -0.25) is 4.98 Å². The molecule has 6 heteroatoms. The molecule has 0 spiro atoms. The van der Waals surface area contributed by atoms with Gasteiger partial charge in [0.15, 0.2) is 0 Å². The molecule has 19 heavy (non-hydrogen) atoms.